The zero-order chi connectivity index (χ0) is 19.1. The van der Waals surface area contributed by atoms with Gasteiger partial charge in [-0.25, -0.2) is 0 Å². The topological polar surface area (TPSA) is 85.2 Å². The molecule has 1 aliphatic heterocycles. The maximum atomic E-state index is 13.1. The number of nitrogens with zero attached hydrogens (tertiary/aromatic N) is 3. The monoisotopic (exact) mass is 410 g/mol. The van der Waals surface area contributed by atoms with Gasteiger partial charge in [-0.2, -0.15) is 4.98 Å². The van der Waals surface area contributed by atoms with E-state index in [9.17, 15) is 4.79 Å². The quantitative estimate of drug-likeness (QED) is 0.710. The van der Waals surface area contributed by atoms with E-state index in [0.717, 1.165) is 18.4 Å². The molecule has 2 atom stereocenters. The van der Waals surface area contributed by atoms with E-state index in [1.807, 2.05) is 47.4 Å². The molecule has 1 saturated carbocycles. The SMILES string of the molecule is Cl.N[C@@H]1CN(C(=O)c2cccc(-c3noc(C4CC4)n3)c2)C[C@H]1c1ccccc1. The molecule has 6 nitrogen and oxygen atoms in total. The highest BCUT2D eigenvalue weighted by Gasteiger charge is 2.34. The number of carbonyl (C=O) groups excluding carboxylic acids is 1. The van der Waals surface area contributed by atoms with Crippen LogP contribution >= 0.6 is 12.4 Å². The van der Waals surface area contributed by atoms with Crippen molar-refractivity contribution in [3.8, 4) is 11.4 Å². The van der Waals surface area contributed by atoms with Crippen molar-refractivity contribution in [3.05, 3.63) is 71.6 Å². The van der Waals surface area contributed by atoms with E-state index < -0.39 is 0 Å². The average Bonchev–Trinajstić information content (AvgIpc) is 3.33. The molecule has 2 aliphatic rings. The van der Waals surface area contributed by atoms with Gasteiger partial charge in [0.15, 0.2) is 0 Å². The molecule has 1 aliphatic carbocycles. The molecule has 3 aromatic rings. The molecule has 2 N–H and O–H groups in total. The van der Waals surface area contributed by atoms with Gasteiger partial charge in [0, 0.05) is 42.1 Å². The zero-order valence-corrected chi connectivity index (χ0v) is 16.7. The van der Waals surface area contributed by atoms with Crippen LogP contribution in [0.4, 0.5) is 0 Å². The number of carbonyl (C=O) groups is 1. The summed E-state index contributed by atoms with van der Waals surface area (Å²) >= 11 is 0. The van der Waals surface area contributed by atoms with Crippen LogP contribution in [-0.4, -0.2) is 40.1 Å². The fourth-order valence-electron chi connectivity index (χ4n) is 3.87. The van der Waals surface area contributed by atoms with Crippen LogP contribution in [0.3, 0.4) is 0 Å². The Kier molecular flexibility index (Phi) is 5.39. The minimum absolute atomic E-state index is 0. The van der Waals surface area contributed by atoms with Gasteiger partial charge in [0.05, 0.1) is 0 Å². The number of rotatable bonds is 4. The molecule has 0 radical (unpaired) electrons. The molecule has 2 fully saturated rings. The molecule has 1 saturated heterocycles. The van der Waals surface area contributed by atoms with Gasteiger partial charge in [-0.15, -0.1) is 12.4 Å². The third kappa shape index (κ3) is 3.91. The van der Waals surface area contributed by atoms with Crippen LogP contribution in [0.5, 0.6) is 0 Å². The molecule has 7 heteroatoms. The van der Waals surface area contributed by atoms with Gasteiger partial charge in [-0.05, 0) is 30.5 Å². The van der Waals surface area contributed by atoms with E-state index in [0.29, 0.717) is 36.3 Å². The summed E-state index contributed by atoms with van der Waals surface area (Å²) in [6.45, 7) is 1.18. The molecule has 0 spiro atoms. The standard InChI is InChI=1S/C22H22N4O2.ClH/c23-19-13-26(12-18(19)14-5-2-1-3-6-14)22(27)17-8-4-7-16(11-17)20-24-21(28-25-20)15-9-10-15;/h1-8,11,15,18-19H,9-10,12-13,23H2;1H/t18-,19+;/m0./s1. The summed E-state index contributed by atoms with van der Waals surface area (Å²) in [4.78, 5) is 19.4. The summed E-state index contributed by atoms with van der Waals surface area (Å²) in [6.07, 6.45) is 2.22. The number of hydrogen-bond donors (Lipinski definition) is 1. The first kappa shape index (κ1) is 19.6. The Labute approximate surface area is 175 Å². The number of benzene rings is 2. The van der Waals surface area contributed by atoms with Crippen LogP contribution in [-0.2, 0) is 0 Å². The molecule has 5 rings (SSSR count). The number of aromatic nitrogens is 2. The first-order valence-electron chi connectivity index (χ1n) is 9.73. The van der Waals surface area contributed by atoms with Gasteiger partial charge in [0.25, 0.3) is 5.91 Å². The smallest absolute Gasteiger partial charge is 0.253 e. The molecule has 29 heavy (non-hydrogen) atoms. The van der Waals surface area contributed by atoms with Crippen molar-refractivity contribution in [1.29, 1.82) is 0 Å². The normalized spacial score (nSPS) is 21.1. The fourth-order valence-corrected chi connectivity index (χ4v) is 3.87. The Morgan fingerprint density at radius 3 is 2.62 bits per heavy atom. The number of amides is 1. The summed E-state index contributed by atoms with van der Waals surface area (Å²) < 4.78 is 5.35. The third-order valence-corrected chi connectivity index (χ3v) is 5.62. The number of hydrogen-bond acceptors (Lipinski definition) is 5. The second-order valence-corrected chi connectivity index (χ2v) is 7.70. The molecule has 1 amide bonds. The first-order chi connectivity index (χ1) is 13.7. The molecule has 2 heterocycles. The fraction of sp³-hybridized carbons (Fsp3) is 0.318. The van der Waals surface area contributed by atoms with Crippen LogP contribution in [0.25, 0.3) is 11.4 Å². The predicted octanol–water partition coefficient (Wildman–Crippen LogP) is 3.60. The van der Waals surface area contributed by atoms with Crippen LogP contribution in [0.15, 0.2) is 59.1 Å². The molecule has 1 aromatic heterocycles. The Bertz CT molecular complexity index is 1000. The predicted molar refractivity (Wildman–Crippen MR) is 112 cm³/mol. The van der Waals surface area contributed by atoms with Crippen molar-refractivity contribution in [2.75, 3.05) is 13.1 Å². The van der Waals surface area contributed by atoms with Gasteiger partial charge in [-0.3, -0.25) is 4.79 Å². The second kappa shape index (κ2) is 7.97. The van der Waals surface area contributed by atoms with E-state index in [1.165, 1.54) is 5.56 Å². The number of halogens is 1. The minimum atomic E-state index is -0.0622. The Balaban J connectivity index is 0.00000205. The highest BCUT2D eigenvalue weighted by atomic mass is 35.5. The van der Waals surface area contributed by atoms with Crippen molar-refractivity contribution < 1.29 is 9.32 Å². The van der Waals surface area contributed by atoms with E-state index in [-0.39, 0.29) is 30.3 Å². The van der Waals surface area contributed by atoms with Crippen molar-refractivity contribution in [2.24, 2.45) is 5.73 Å². The lowest BCUT2D eigenvalue weighted by Crippen LogP contribution is -2.32. The average molecular weight is 411 g/mol. The van der Waals surface area contributed by atoms with Crippen molar-refractivity contribution in [2.45, 2.75) is 30.7 Å². The van der Waals surface area contributed by atoms with Gasteiger partial charge in [0.2, 0.25) is 11.7 Å². The van der Waals surface area contributed by atoms with Gasteiger partial charge in [-0.1, -0.05) is 47.6 Å². The van der Waals surface area contributed by atoms with Gasteiger partial charge < -0.3 is 15.2 Å². The van der Waals surface area contributed by atoms with Crippen LogP contribution in [0.2, 0.25) is 0 Å². The van der Waals surface area contributed by atoms with E-state index in [4.69, 9.17) is 10.3 Å². The molecular formula is C22H23ClN4O2. The van der Waals surface area contributed by atoms with Crippen LogP contribution in [0.1, 0.15) is 46.5 Å². The highest BCUT2D eigenvalue weighted by molar-refractivity contribution is 5.95. The zero-order valence-electron chi connectivity index (χ0n) is 15.9. The van der Waals surface area contributed by atoms with Crippen molar-refractivity contribution in [1.82, 2.24) is 15.0 Å². The molecule has 150 valence electrons. The Morgan fingerprint density at radius 2 is 1.86 bits per heavy atom. The third-order valence-electron chi connectivity index (χ3n) is 5.62. The summed E-state index contributed by atoms with van der Waals surface area (Å²) in [6, 6.07) is 17.5. The van der Waals surface area contributed by atoms with E-state index in [1.54, 1.807) is 0 Å². The molecular weight excluding hydrogens is 388 g/mol. The molecule has 0 bridgehead atoms. The lowest BCUT2D eigenvalue weighted by molar-refractivity contribution is 0.0789. The summed E-state index contributed by atoms with van der Waals surface area (Å²) in [5, 5.41) is 4.08. The van der Waals surface area contributed by atoms with Gasteiger partial charge >= 0.3 is 0 Å². The number of likely N-dealkylation sites (tertiary alicyclic amines) is 1. The van der Waals surface area contributed by atoms with Crippen molar-refractivity contribution >= 4 is 18.3 Å². The van der Waals surface area contributed by atoms with E-state index >= 15 is 0 Å². The largest absolute Gasteiger partial charge is 0.339 e. The van der Waals surface area contributed by atoms with Crippen LogP contribution < -0.4 is 5.73 Å². The summed E-state index contributed by atoms with van der Waals surface area (Å²) in [5.74, 6) is 1.79. The Hall–Kier alpha value is -2.70. The maximum Gasteiger partial charge on any atom is 0.253 e. The molecule has 2 aromatic carbocycles. The highest BCUT2D eigenvalue weighted by Crippen LogP contribution is 2.39. The maximum absolute atomic E-state index is 13.1. The summed E-state index contributed by atoms with van der Waals surface area (Å²) in [7, 11) is 0. The van der Waals surface area contributed by atoms with Crippen molar-refractivity contribution in [3.63, 3.8) is 0 Å². The minimum Gasteiger partial charge on any atom is -0.339 e. The molecule has 0 unspecified atom stereocenters. The van der Waals surface area contributed by atoms with Crippen LogP contribution in [0, 0.1) is 0 Å². The lowest BCUT2D eigenvalue weighted by atomic mass is 9.95. The second-order valence-electron chi connectivity index (χ2n) is 7.70. The van der Waals surface area contributed by atoms with E-state index in [2.05, 4.69) is 22.3 Å². The summed E-state index contributed by atoms with van der Waals surface area (Å²) in [5.41, 5.74) is 8.95. The number of nitrogens with two attached hydrogens (primary N) is 1. The van der Waals surface area contributed by atoms with Gasteiger partial charge in [0.1, 0.15) is 0 Å². The Morgan fingerprint density at radius 1 is 1.07 bits per heavy atom. The first-order valence-corrected chi connectivity index (χ1v) is 9.73. The lowest BCUT2D eigenvalue weighted by Gasteiger charge is -2.17.